The third-order valence-electron chi connectivity index (χ3n) is 5.55. The van der Waals surface area contributed by atoms with Crippen LogP contribution in [-0.2, 0) is 4.74 Å². The Bertz CT molecular complexity index is 854. The number of para-hydroxylation sites is 1. The number of amides is 2. The molecule has 2 amide bonds. The van der Waals surface area contributed by atoms with Gasteiger partial charge in [0.2, 0.25) is 0 Å². The highest BCUT2D eigenvalue weighted by atomic mass is 16.5. The van der Waals surface area contributed by atoms with Gasteiger partial charge in [-0.1, -0.05) is 12.1 Å². The van der Waals surface area contributed by atoms with Gasteiger partial charge < -0.3 is 19.9 Å². The second kappa shape index (κ2) is 9.09. The van der Waals surface area contributed by atoms with E-state index >= 15 is 0 Å². The van der Waals surface area contributed by atoms with Gasteiger partial charge in [0.25, 0.3) is 11.8 Å². The van der Waals surface area contributed by atoms with Crippen LogP contribution in [0.4, 0.5) is 11.4 Å². The summed E-state index contributed by atoms with van der Waals surface area (Å²) in [5.41, 5.74) is 2.78. The summed E-state index contributed by atoms with van der Waals surface area (Å²) < 4.78 is 5.32. The van der Waals surface area contributed by atoms with E-state index in [0.717, 1.165) is 18.8 Å². The van der Waals surface area contributed by atoms with Crippen molar-refractivity contribution in [1.29, 1.82) is 0 Å². The van der Waals surface area contributed by atoms with E-state index in [1.807, 2.05) is 36.4 Å². The fraction of sp³-hybridized carbons (Fsp3) is 0.391. The van der Waals surface area contributed by atoms with Crippen molar-refractivity contribution in [1.82, 2.24) is 4.90 Å². The molecule has 6 heteroatoms. The fourth-order valence-electron chi connectivity index (χ4n) is 3.89. The third kappa shape index (κ3) is 4.59. The Morgan fingerprint density at radius 2 is 1.52 bits per heavy atom. The van der Waals surface area contributed by atoms with Crippen LogP contribution in [0.3, 0.4) is 0 Å². The number of carbonyl (C=O) groups is 2. The molecule has 2 aliphatic rings. The highest BCUT2D eigenvalue weighted by Gasteiger charge is 2.22. The highest BCUT2D eigenvalue weighted by molar-refractivity contribution is 6.09. The summed E-state index contributed by atoms with van der Waals surface area (Å²) in [6.07, 6.45) is 3.73. The van der Waals surface area contributed by atoms with Crippen molar-refractivity contribution in [3.8, 4) is 0 Å². The topological polar surface area (TPSA) is 61.9 Å². The van der Waals surface area contributed by atoms with Gasteiger partial charge in [-0.3, -0.25) is 9.59 Å². The number of anilines is 2. The van der Waals surface area contributed by atoms with Crippen molar-refractivity contribution in [3.05, 3.63) is 59.7 Å². The molecule has 0 atom stereocenters. The maximum Gasteiger partial charge on any atom is 0.256 e. The molecule has 0 unspecified atom stereocenters. The largest absolute Gasteiger partial charge is 0.378 e. The van der Waals surface area contributed by atoms with E-state index < -0.39 is 0 Å². The standard InChI is InChI=1S/C23H27N3O3/c27-22(18-8-10-19(11-9-18)25-12-4-1-5-13-25)24-21-7-3-2-6-20(21)23(28)26-14-16-29-17-15-26/h2-3,6-11H,1,4-5,12-17H2,(H,24,27). The van der Waals surface area contributed by atoms with Gasteiger partial charge >= 0.3 is 0 Å². The lowest BCUT2D eigenvalue weighted by Crippen LogP contribution is -2.41. The zero-order valence-corrected chi connectivity index (χ0v) is 16.6. The van der Waals surface area contributed by atoms with Crippen molar-refractivity contribution < 1.29 is 14.3 Å². The van der Waals surface area contributed by atoms with E-state index in [2.05, 4.69) is 10.2 Å². The molecule has 1 N–H and O–H groups in total. The third-order valence-corrected chi connectivity index (χ3v) is 5.55. The number of carbonyl (C=O) groups excluding carboxylic acids is 2. The van der Waals surface area contributed by atoms with E-state index in [9.17, 15) is 9.59 Å². The summed E-state index contributed by atoms with van der Waals surface area (Å²) in [5, 5.41) is 2.91. The van der Waals surface area contributed by atoms with Gasteiger partial charge in [-0.25, -0.2) is 0 Å². The van der Waals surface area contributed by atoms with Crippen molar-refractivity contribution in [3.63, 3.8) is 0 Å². The van der Waals surface area contributed by atoms with E-state index in [4.69, 9.17) is 4.74 Å². The number of nitrogens with one attached hydrogen (secondary N) is 1. The first-order valence-corrected chi connectivity index (χ1v) is 10.3. The van der Waals surface area contributed by atoms with Gasteiger partial charge in [0.1, 0.15) is 0 Å². The smallest absolute Gasteiger partial charge is 0.256 e. The van der Waals surface area contributed by atoms with Crippen LogP contribution in [0.15, 0.2) is 48.5 Å². The Morgan fingerprint density at radius 1 is 0.828 bits per heavy atom. The molecule has 0 bridgehead atoms. The molecule has 152 valence electrons. The molecule has 0 radical (unpaired) electrons. The predicted octanol–water partition coefficient (Wildman–Crippen LogP) is 3.40. The van der Waals surface area contributed by atoms with Crippen molar-refractivity contribution in [2.45, 2.75) is 19.3 Å². The summed E-state index contributed by atoms with van der Waals surface area (Å²) in [4.78, 5) is 29.8. The Labute approximate surface area is 171 Å². The first-order chi connectivity index (χ1) is 14.2. The molecular weight excluding hydrogens is 366 g/mol. The van der Waals surface area contributed by atoms with Gasteiger partial charge in [-0.05, 0) is 55.7 Å². The average molecular weight is 393 g/mol. The van der Waals surface area contributed by atoms with E-state index in [0.29, 0.717) is 43.1 Å². The minimum absolute atomic E-state index is 0.0790. The monoisotopic (exact) mass is 393 g/mol. The predicted molar refractivity (Wildman–Crippen MR) is 114 cm³/mol. The Kier molecular flexibility index (Phi) is 6.10. The SMILES string of the molecule is O=C(Nc1ccccc1C(=O)N1CCOCC1)c1ccc(N2CCCCC2)cc1. The molecule has 2 aliphatic heterocycles. The van der Waals surface area contributed by atoms with E-state index in [-0.39, 0.29) is 11.8 Å². The number of ether oxygens (including phenoxy) is 1. The molecule has 2 heterocycles. The van der Waals surface area contributed by atoms with Gasteiger partial charge in [-0.15, -0.1) is 0 Å². The summed E-state index contributed by atoms with van der Waals surface area (Å²) in [5.74, 6) is -0.290. The summed E-state index contributed by atoms with van der Waals surface area (Å²) in [7, 11) is 0. The van der Waals surface area contributed by atoms with Crippen molar-refractivity contribution in [2.24, 2.45) is 0 Å². The average Bonchev–Trinajstić information content (AvgIpc) is 2.80. The Morgan fingerprint density at radius 3 is 2.24 bits per heavy atom. The van der Waals surface area contributed by atoms with Crippen LogP contribution in [0.2, 0.25) is 0 Å². The van der Waals surface area contributed by atoms with Gasteiger partial charge in [-0.2, -0.15) is 0 Å². The minimum atomic E-state index is -0.211. The zero-order valence-electron chi connectivity index (χ0n) is 16.6. The molecule has 2 aromatic carbocycles. The van der Waals surface area contributed by atoms with Crippen LogP contribution in [0.25, 0.3) is 0 Å². The summed E-state index contributed by atoms with van der Waals surface area (Å²) >= 11 is 0. The molecule has 0 spiro atoms. The number of benzene rings is 2. The van der Waals surface area contributed by atoms with Crippen molar-refractivity contribution >= 4 is 23.2 Å². The molecular formula is C23H27N3O3. The van der Waals surface area contributed by atoms with Crippen LogP contribution in [0.5, 0.6) is 0 Å². The zero-order chi connectivity index (χ0) is 20.1. The van der Waals surface area contributed by atoms with Crippen LogP contribution < -0.4 is 10.2 Å². The molecule has 0 aliphatic carbocycles. The van der Waals surface area contributed by atoms with Crippen LogP contribution in [0, 0.1) is 0 Å². The van der Waals surface area contributed by atoms with Crippen LogP contribution >= 0.6 is 0 Å². The van der Waals surface area contributed by atoms with E-state index in [1.165, 1.54) is 19.3 Å². The maximum absolute atomic E-state index is 12.9. The second-order valence-corrected chi connectivity index (χ2v) is 7.50. The normalized spacial score (nSPS) is 17.1. The fourth-order valence-corrected chi connectivity index (χ4v) is 3.89. The van der Waals surface area contributed by atoms with Gasteiger partial charge in [0, 0.05) is 37.4 Å². The first kappa shape index (κ1) is 19.5. The van der Waals surface area contributed by atoms with E-state index in [1.54, 1.807) is 17.0 Å². The Hall–Kier alpha value is -2.86. The lowest BCUT2D eigenvalue weighted by Gasteiger charge is -2.28. The molecule has 29 heavy (non-hydrogen) atoms. The van der Waals surface area contributed by atoms with Gasteiger partial charge in [0.15, 0.2) is 0 Å². The molecule has 2 fully saturated rings. The molecule has 2 saturated heterocycles. The quantitative estimate of drug-likeness (QED) is 0.865. The number of piperidine rings is 1. The maximum atomic E-state index is 12.9. The van der Waals surface area contributed by atoms with Crippen LogP contribution in [0.1, 0.15) is 40.0 Å². The molecule has 0 aromatic heterocycles. The number of hydrogen-bond donors (Lipinski definition) is 1. The number of rotatable bonds is 4. The van der Waals surface area contributed by atoms with Crippen LogP contribution in [-0.4, -0.2) is 56.1 Å². The number of hydrogen-bond acceptors (Lipinski definition) is 4. The molecule has 0 saturated carbocycles. The lowest BCUT2D eigenvalue weighted by atomic mass is 10.1. The van der Waals surface area contributed by atoms with Gasteiger partial charge in [0.05, 0.1) is 24.5 Å². The molecule has 2 aromatic rings. The second-order valence-electron chi connectivity index (χ2n) is 7.50. The minimum Gasteiger partial charge on any atom is -0.378 e. The first-order valence-electron chi connectivity index (χ1n) is 10.3. The molecule has 4 rings (SSSR count). The highest BCUT2D eigenvalue weighted by Crippen LogP contribution is 2.22. The number of nitrogens with zero attached hydrogens (tertiary/aromatic N) is 2. The Balaban J connectivity index is 1.46. The lowest BCUT2D eigenvalue weighted by molar-refractivity contribution is 0.0303. The summed E-state index contributed by atoms with van der Waals surface area (Å²) in [6.45, 7) is 4.37. The summed E-state index contributed by atoms with van der Waals surface area (Å²) in [6, 6.07) is 14.9. The number of morpholine rings is 1. The van der Waals surface area contributed by atoms with Crippen molar-refractivity contribution in [2.75, 3.05) is 49.6 Å². The molecule has 6 nitrogen and oxygen atoms in total.